The second-order valence-electron chi connectivity index (χ2n) is 2.38. The maximum absolute atomic E-state index is 5.19. The highest BCUT2D eigenvalue weighted by molar-refractivity contribution is 4.68. The van der Waals surface area contributed by atoms with E-state index in [4.69, 9.17) is 9.47 Å². The molecular weight excluding hydrogens is 130 g/mol. The zero-order valence-electron chi connectivity index (χ0n) is 6.59. The van der Waals surface area contributed by atoms with Gasteiger partial charge in [-0.1, -0.05) is 6.92 Å². The van der Waals surface area contributed by atoms with Crippen LogP contribution in [0.5, 0.6) is 0 Å². The molecule has 1 rings (SSSR count). The van der Waals surface area contributed by atoms with E-state index in [0.717, 1.165) is 13.0 Å². The zero-order valence-corrected chi connectivity index (χ0v) is 6.59. The van der Waals surface area contributed by atoms with Crippen LogP contribution in [0.2, 0.25) is 0 Å². The fourth-order valence-electron chi connectivity index (χ4n) is 0.947. The van der Waals surface area contributed by atoms with Crippen LogP contribution in [0.15, 0.2) is 0 Å². The molecule has 0 bridgehead atoms. The summed E-state index contributed by atoms with van der Waals surface area (Å²) in [6.45, 7) is 4.52. The SMILES string of the molecule is CCCN(C)[C]1OCCO1. The lowest BCUT2D eigenvalue weighted by Crippen LogP contribution is -2.25. The molecule has 3 heteroatoms. The van der Waals surface area contributed by atoms with Crippen LogP contribution in [0.25, 0.3) is 0 Å². The summed E-state index contributed by atoms with van der Waals surface area (Å²) in [6, 6.07) is 0. The highest BCUT2D eigenvalue weighted by Gasteiger charge is 2.22. The lowest BCUT2D eigenvalue weighted by Gasteiger charge is -2.18. The number of nitrogens with zero attached hydrogens (tertiary/aromatic N) is 1. The maximum Gasteiger partial charge on any atom is 0.303 e. The smallest absolute Gasteiger partial charge is 0.303 e. The van der Waals surface area contributed by atoms with E-state index < -0.39 is 0 Å². The molecule has 0 aromatic heterocycles. The van der Waals surface area contributed by atoms with Gasteiger partial charge >= 0.3 is 6.41 Å². The van der Waals surface area contributed by atoms with Gasteiger partial charge in [0.05, 0.1) is 13.2 Å². The van der Waals surface area contributed by atoms with Gasteiger partial charge in [-0.3, -0.25) is 0 Å². The van der Waals surface area contributed by atoms with E-state index in [9.17, 15) is 0 Å². The first-order valence-corrected chi connectivity index (χ1v) is 3.68. The summed E-state index contributed by atoms with van der Waals surface area (Å²) >= 11 is 0. The van der Waals surface area contributed by atoms with E-state index in [0.29, 0.717) is 19.6 Å². The maximum atomic E-state index is 5.19. The third-order valence-electron chi connectivity index (χ3n) is 1.41. The van der Waals surface area contributed by atoms with Crippen LogP contribution in [-0.4, -0.2) is 31.7 Å². The summed E-state index contributed by atoms with van der Waals surface area (Å²) in [4.78, 5) is 1.99. The third-order valence-corrected chi connectivity index (χ3v) is 1.41. The summed E-state index contributed by atoms with van der Waals surface area (Å²) in [5.74, 6) is 0. The monoisotopic (exact) mass is 144 g/mol. The third kappa shape index (κ3) is 1.94. The largest absolute Gasteiger partial charge is 0.329 e. The summed E-state index contributed by atoms with van der Waals surface area (Å²) < 4.78 is 10.4. The van der Waals surface area contributed by atoms with Crippen LogP contribution in [0.4, 0.5) is 0 Å². The highest BCUT2D eigenvalue weighted by Crippen LogP contribution is 2.15. The Kier molecular flexibility index (Phi) is 3.12. The van der Waals surface area contributed by atoms with E-state index in [1.54, 1.807) is 0 Å². The van der Waals surface area contributed by atoms with Gasteiger partial charge in [0.15, 0.2) is 0 Å². The van der Waals surface area contributed by atoms with Crippen molar-refractivity contribution < 1.29 is 9.47 Å². The Labute approximate surface area is 61.9 Å². The van der Waals surface area contributed by atoms with Crippen molar-refractivity contribution in [2.24, 2.45) is 0 Å². The van der Waals surface area contributed by atoms with Crippen molar-refractivity contribution in [2.75, 3.05) is 26.8 Å². The van der Waals surface area contributed by atoms with Crippen molar-refractivity contribution in [3.05, 3.63) is 6.41 Å². The zero-order chi connectivity index (χ0) is 7.40. The van der Waals surface area contributed by atoms with Crippen LogP contribution < -0.4 is 0 Å². The topological polar surface area (TPSA) is 21.7 Å². The second kappa shape index (κ2) is 3.91. The summed E-state index contributed by atoms with van der Waals surface area (Å²) in [7, 11) is 1.98. The standard InChI is InChI=1S/C7H14NO2/c1-3-4-8(2)7-9-5-6-10-7/h3-6H2,1-2H3. The van der Waals surface area contributed by atoms with Crippen LogP contribution >= 0.6 is 0 Å². The molecule has 3 nitrogen and oxygen atoms in total. The minimum atomic E-state index is 0.682. The highest BCUT2D eigenvalue weighted by atomic mass is 16.7. The van der Waals surface area contributed by atoms with Gasteiger partial charge in [-0.25, -0.2) is 4.90 Å². The van der Waals surface area contributed by atoms with Crippen LogP contribution in [0.1, 0.15) is 13.3 Å². The lowest BCUT2D eigenvalue weighted by atomic mass is 10.4. The van der Waals surface area contributed by atoms with Gasteiger partial charge in [0.2, 0.25) is 0 Å². The van der Waals surface area contributed by atoms with Gasteiger partial charge in [0.25, 0.3) is 0 Å². The molecule has 1 radical (unpaired) electrons. The molecule has 1 aliphatic heterocycles. The average Bonchev–Trinajstić information content (AvgIpc) is 2.38. The van der Waals surface area contributed by atoms with Crippen molar-refractivity contribution in [2.45, 2.75) is 13.3 Å². The molecule has 0 N–H and O–H groups in total. The molecular formula is C7H14NO2. The molecule has 0 unspecified atom stereocenters. The van der Waals surface area contributed by atoms with Crippen molar-refractivity contribution in [1.82, 2.24) is 4.90 Å². The first kappa shape index (κ1) is 7.98. The van der Waals surface area contributed by atoms with Crippen LogP contribution in [0.3, 0.4) is 0 Å². The number of ether oxygens (including phenoxy) is 2. The molecule has 1 saturated heterocycles. The molecule has 1 fully saturated rings. The summed E-state index contributed by atoms with van der Waals surface area (Å²) in [5.41, 5.74) is 0. The Morgan fingerprint density at radius 1 is 1.40 bits per heavy atom. The molecule has 0 saturated carbocycles. The van der Waals surface area contributed by atoms with Gasteiger partial charge in [-0.15, -0.1) is 0 Å². The van der Waals surface area contributed by atoms with Gasteiger partial charge < -0.3 is 9.47 Å². The second-order valence-corrected chi connectivity index (χ2v) is 2.38. The molecule has 59 valence electrons. The van der Waals surface area contributed by atoms with Crippen molar-refractivity contribution in [3.8, 4) is 0 Å². The Balaban J connectivity index is 2.18. The predicted octanol–water partition coefficient (Wildman–Crippen LogP) is 0.822. The molecule has 1 aliphatic rings. The minimum absolute atomic E-state index is 0.682. The number of rotatable bonds is 3. The quantitative estimate of drug-likeness (QED) is 0.585. The van der Waals surface area contributed by atoms with E-state index in [1.165, 1.54) is 0 Å². The van der Waals surface area contributed by atoms with E-state index in [1.807, 2.05) is 11.9 Å². The van der Waals surface area contributed by atoms with Crippen molar-refractivity contribution in [1.29, 1.82) is 0 Å². The molecule has 0 aliphatic carbocycles. The molecule has 0 amide bonds. The van der Waals surface area contributed by atoms with Crippen LogP contribution in [-0.2, 0) is 9.47 Å². The van der Waals surface area contributed by atoms with Crippen LogP contribution in [0, 0.1) is 6.41 Å². The Morgan fingerprint density at radius 3 is 2.50 bits per heavy atom. The van der Waals surface area contributed by atoms with Gasteiger partial charge in [0, 0.05) is 6.54 Å². The van der Waals surface area contributed by atoms with Gasteiger partial charge in [-0.2, -0.15) is 0 Å². The summed E-state index contributed by atoms with van der Waals surface area (Å²) in [6.07, 6.45) is 1.80. The average molecular weight is 144 g/mol. The van der Waals surface area contributed by atoms with Crippen molar-refractivity contribution in [3.63, 3.8) is 0 Å². The number of hydrogen-bond donors (Lipinski definition) is 0. The van der Waals surface area contributed by atoms with E-state index in [2.05, 4.69) is 6.92 Å². The van der Waals surface area contributed by atoms with E-state index in [-0.39, 0.29) is 0 Å². The molecule has 1 heterocycles. The molecule has 0 aromatic carbocycles. The minimum Gasteiger partial charge on any atom is -0.329 e. The first-order valence-electron chi connectivity index (χ1n) is 3.68. The fourth-order valence-corrected chi connectivity index (χ4v) is 0.947. The normalized spacial score (nSPS) is 20.7. The Hall–Kier alpha value is -0.120. The molecule has 0 atom stereocenters. The Morgan fingerprint density at radius 2 is 2.00 bits per heavy atom. The Bertz CT molecular complexity index is 91.6. The lowest BCUT2D eigenvalue weighted by molar-refractivity contribution is -0.0301. The molecule has 0 spiro atoms. The van der Waals surface area contributed by atoms with Gasteiger partial charge in [0.1, 0.15) is 0 Å². The van der Waals surface area contributed by atoms with Crippen molar-refractivity contribution >= 4 is 0 Å². The molecule has 0 aromatic rings. The number of hydrogen-bond acceptors (Lipinski definition) is 3. The van der Waals surface area contributed by atoms with Gasteiger partial charge in [-0.05, 0) is 13.5 Å². The fraction of sp³-hybridized carbons (Fsp3) is 0.857. The first-order chi connectivity index (χ1) is 4.84. The predicted molar refractivity (Wildman–Crippen MR) is 38.1 cm³/mol. The summed E-state index contributed by atoms with van der Waals surface area (Å²) in [5, 5.41) is 0. The molecule has 10 heavy (non-hydrogen) atoms. The van der Waals surface area contributed by atoms with E-state index >= 15 is 0 Å².